The van der Waals surface area contributed by atoms with Crippen LogP contribution in [0.1, 0.15) is 17.4 Å². The fourth-order valence-corrected chi connectivity index (χ4v) is 2.26. The summed E-state index contributed by atoms with van der Waals surface area (Å²) in [7, 11) is 4.01. The molecule has 20 heavy (non-hydrogen) atoms. The average molecular weight is 295 g/mol. The molecule has 1 heterocycles. The first kappa shape index (κ1) is 14.9. The third kappa shape index (κ3) is 3.54. The van der Waals surface area contributed by atoms with E-state index in [-0.39, 0.29) is 11.8 Å². The molecule has 0 aliphatic carbocycles. The van der Waals surface area contributed by atoms with E-state index in [1.54, 1.807) is 12.3 Å². The van der Waals surface area contributed by atoms with E-state index in [2.05, 4.69) is 10.2 Å². The zero-order valence-electron chi connectivity index (χ0n) is 11.6. The van der Waals surface area contributed by atoms with Crippen LogP contribution in [0.2, 0.25) is 5.02 Å². The summed E-state index contributed by atoms with van der Waals surface area (Å²) in [4.78, 5) is 2.09. The van der Waals surface area contributed by atoms with Gasteiger partial charge < -0.3 is 14.8 Å². The number of halogens is 1. The number of hydrogen-bond acceptors (Lipinski definition) is 4. The van der Waals surface area contributed by atoms with Gasteiger partial charge >= 0.3 is 0 Å². The van der Waals surface area contributed by atoms with Crippen LogP contribution < -0.4 is 5.32 Å². The van der Waals surface area contributed by atoms with Gasteiger partial charge in [0.2, 0.25) is 0 Å². The highest BCUT2D eigenvalue weighted by atomic mass is 35.5. The minimum absolute atomic E-state index is 0.140. The van der Waals surface area contributed by atoms with E-state index in [1.165, 1.54) is 0 Å². The van der Waals surface area contributed by atoms with E-state index in [4.69, 9.17) is 16.0 Å². The SMILES string of the molecule is CN(C)C(CNCc1cccc(Cl)c1O)c1ccco1. The summed E-state index contributed by atoms with van der Waals surface area (Å²) in [6.07, 6.45) is 1.68. The molecule has 1 aromatic carbocycles. The lowest BCUT2D eigenvalue weighted by Crippen LogP contribution is -2.30. The van der Waals surface area contributed by atoms with Gasteiger partial charge in [-0.15, -0.1) is 0 Å². The Kier molecular flexibility index (Phi) is 5.06. The fraction of sp³-hybridized carbons (Fsp3) is 0.333. The molecular formula is C15H19ClN2O2. The molecular weight excluding hydrogens is 276 g/mol. The molecule has 2 N–H and O–H groups in total. The number of aromatic hydroxyl groups is 1. The Morgan fingerprint density at radius 3 is 2.75 bits per heavy atom. The molecule has 4 nitrogen and oxygen atoms in total. The minimum atomic E-state index is 0.140. The molecule has 2 aromatic rings. The summed E-state index contributed by atoms with van der Waals surface area (Å²) in [5, 5.41) is 13.5. The van der Waals surface area contributed by atoms with Gasteiger partial charge in [0.05, 0.1) is 17.3 Å². The number of hydrogen-bond donors (Lipinski definition) is 2. The molecule has 0 bridgehead atoms. The predicted molar refractivity (Wildman–Crippen MR) is 80.0 cm³/mol. The highest BCUT2D eigenvalue weighted by Gasteiger charge is 2.16. The van der Waals surface area contributed by atoms with Crippen LogP contribution in [-0.2, 0) is 6.54 Å². The van der Waals surface area contributed by atoms with Crippen LogP contribution in [0.25, 0.3) is 0 Å². The number of para-hydroxylation sites is 1. The molecule has 5 heteroatoms. The van der Waals surface area contributed by atoms with Gasteiger partial charge in [0.25, 0.3) is 0 Å². The van der Waals surface area contributed by atoms with E-state index in [1.807, 2.05) is 38.4 Å². The molecule has 2 rings (SSSR count). The van der Waals surface area contributed by atoms with Crippen LogP contribution in [0.4, 0.5) is 0 Å². The Hall–Kier alpha value is -1.49. The molecule has 0 amide bonds. The molecule has 0 spiro atoms. The first-order valence-corrected chi connectivity index (χ1v) is 6.84. The van der Waals surface area contributed by atoms with Crippen LogP contribution in [0.15, 0.2) is 41.0 Å². The first-order valence-electron chi connectivity index (χ1n) is 6.46. The number of nitrogens with one attached hydrogen (secondary N) is 1. The third-order valence-corrected chi connectivity index (χ3v) is 3.52. The minimum Gasteiger partial charge on any atom is -0.506 e. The van der Waals surface area contributed by atoms with E-state index in [0.29, 0.717) is 18.1 Å². The molecule has 0 saturated heterocycles. The maximum atomic E-state index is 9.86. The standard InChI is InChI=1S/C15H19ClN2O2/c1-18(2)13(14-7-4-8-20-14)10-17-9-11-5-3-6-12(16)15(11)19/h3-8,13,17,19H,9-10H2,1-2H3. The Morgan fingerprint density at radius 1 is 1.30 bits per heavy atom. The molecule has 1 unspecified atom stereocenters. The monoisotopic (exact) mass is 294 g/mol. The quantitative estimate of drug-likeness (QED) is 0.860. The second kappa shape index (κ2) is 6.79. The van der Waals surface area contributed by atoms with Crippen molar-refractivity contribution in [3.05, 3.63) is 52.9 Å². The lowest BCUT2D eigenvalue weighted by Gasteiger charge is -2.22. The Balaban J connectivity index is 1.96. The van der Waals surface area contributed by atoms with E-state index in [9.17, 15) is 5.11 Å². The molecule has 1 atom stereocenters. The summed E-state index contributed by atoms with van der Waals surface area (Å²) in [6, 6.07) is 9.34. The maximum Gasteiger partial charge on any atom is 0.138 e. The van der Waals surface area contributed by atoms with Crippen LogP contribution in [0, 0.1) is 0 Å². The van der Waals surface area contributed by atoms with Gasteiger partial charge in [-0.3, -0.25) is 4.90 Å². The van der Waals surface area contributed by atoms with Crippen molar-refractivity contribution in [2.45, 2.75) is 12.6 Å². The number of furan rings is 1. The summed E-state index contributed by atoms with van der Waals surface area (Å²) in [5.74, 6) is 1.05. The van der Waals surface area contributed by atoms with Crippen LogP contribution in [-0.4, -0.2) is 30.6 Å². The van der Waals surface area contributed by atoms with E-state index < -0.39 is 0 Å². The van der Waals surface area contributed by atoms with Gasteiger partial charge in [-0.1, -0.05) is 23.7 Å². The first-order chi connectivity index (χ1) is 9.59. The number of rotatable bonds is 6. The number of phenols is 1. The summed E-state index contributed by atoms with van der Waals surface area (Å²) >= 11 is 5.89. The van der Waals surface area contributed by atoms with Gasteiger partial charge in [-0.25, -0.2) is 0 Å². The summed E-state index contributed by atoms with van der Waals surface area (Å²) in [6.45, 7) is 1.27. The van der Waals surface area contributed by atoms with Crippen molar-refractivity contribution in [2.75, 3.05) is 20.6 Å². The molecule has 1 aromatic heterocycles. The largest absolute Gasteiger partial charge is 0.506 e. The van der Waals surface area contributed by atoms with Gasteiger partial charge in [0, 0.05) is 18.7 Å². The number of phenolic OH excluding ortho intramolecular Hbond substituents is 1. The third-order valence-electron chi connectivity index (χ3n) is 3.22. The lowest BCUT2D eigenvalue weighted by molar-refractivity contribution is 0.250. The van der Waals surface area contributed by atoms with Crippen molar-refractivity contribution in [1.29, 1.82) is 0 Å². The highest BCUT2D eigenvalue weighted by molar-refractivity contribution is 6.32. The van der Waals surface area contributed by atoms with Gasteiger partial charge in [0.1, 0.15) is 11.5 Å². The smallest absolute Gasteiger partial charge is 0.138 e. The van der Waals surface area contributed by atoms with E-state index >= 15 is 0 Å². The predicted octanol–water partition coefficient (Wildman–Crippen LogP) is 3.03. The molecule has 0 aliphatic heterocycles. The molecule has 0 radical (unpaired) electrons. The number of nitrogens with zero attached hydrogens (tertiary/aromatic N) is 1. The number of benzene rings is 1. The van der Waals surface area contributed by atoms with Crippen molar-refractivity contribution < 1.29 is 9.52 Å². The summed E-state index contributed by atoms with van der Waals surface area (Å²) < 4.78 is 5.45. The normalized spacial score (nSPS) is 12.8. The van der Waals surface area contributed by atoms with Crippen LogP contribution in [0.3, 0.4) is 0 Å². The molecule has 108 valence electrons. The van der Waals surface area contributed by atoms with E-state index in [0.717, 1.165) is 11.3 Å². The summed E-state index contributed by atoms with van der Waals surface area (Å²) in [5.41, 5.74) is 0.787. The number of likely N-dealkylation sites (N-methyl/N-ethyl adjacent to an activating group) is 1. The van der Waals surface area contributed by atoms with Crippen molar-refractivity contribution in [2.24, 2.45) is 0 Å². The van der Waals surface area contributed by atoms with Crippen molar-refractivity contribution in [3.8, 4) is 5.75 Å². The Bertz CT molecular complexity index is 541. The zero-order valence-corrected chi connectivity index (χ0v) is 12.4. The average Bonchev–Trinajstić information content (AvgIpc) is 2.92. The Morgan fingerprint density at radius 2 is 2.10 bits per heavy atom. The van der Waals surface area contributed by atoms with Crippen molar-refractivity contribution in [1.82, 2.24) is 10.2 Å². The lowest BCUT2D eigenvalue weighted by atomic mass is 10.1. The van der Waals surface area contributed by atoms with Gasteiger partial charge in [0.15, 0.2) is 0 Å². The van der Waals surface area contributed by atoms with Crippen molar-refractivity contribution in [3.63, 3.8) is 0 Å². The van der Waals surface area contributed by atoms with Gasteiger partial charge in [-0.2, -0.15) is 0 Å². The fourth-order valence-electron chi connectivity index (χ4n) is 2.06. The van der Waals surface area contributed by atoms with Crippen LogP contribution >= 0.6 is 11.6 Å². The Labute approximate surface area is 124 Å². The van der Waals surface area contributed by atoms with Crippen LogP contribution in [0.5, 0.6) is 5.75 Å². The molecule has 0 saturated carbocycles. The zero-order chi connectivity index (χ0) is 14.5. The molecule has 0 fully saturated rings. The molecule has 0 aliphatic rings. The van der Waals surface area contributed by atoms with Crippen molar-refractivity contribution >= 4 is 11.6 Å². The highest BCUT2D eigenvalue weighted by Crippen LogP contribution is 2.27. The second-order valence-corrected chi connectivity index (χ2v) is 5.28. The second-order valence-electron chi connectivity index (χ2n) is 4.87. The topological polar surface area (TPSA) is 48.6 Å². The maximum absolute atomic E-state index is 9.86. The van der Waals surface area contributed by atoms with Gasteiger partial charge in [-0.05, 0) is 32.3 Å².